The SMILES string of the molecule is CCN1CCCC(Nc2nnc(-c3ccc(C)cc3[S+](C)O)c(/C=C(/C)N)n2)C1. The molecule has 0 bridgehead atoms. The zero-order chi connectivity index (χ0) is 21.0. The lowest BCUT2D eigenvalue weighted by Crippen LogP contribution is -2.42. The van der Waals surface area contributed by atoms with Gasteiger partial charge in [-0.15, -0.1) is 10.2 Å². The van der Waals surface area contributed by atoms with Crippen molar-refractivity contribution in [3.05, 3.63) is 35.2 Å². The third-order valence-corrected chi connectivity index (χ3v) is 6.05. The summed E-state index contributed by atoms with van der Waals surface area (Å²) in [6.07, 6.45) is 5.84. The molecule has 0 saturated carbocycles. The summed E-state index contributed by atoms with van der Waals surface area (Å²) in [5.74, 6) is 0.511. The van der Waals surface area contributed by atoms with Gasteiger partial charge in [-0.3, -0.25) is 0 Å². The normalized spacial score (nSPS) is 19.2. The number of nitrogens with two attached hydrogens (primary N) is 1. The molecule has 2 unspecified atom stereocenters. The fraction of sp³-hybridized carbons (Fsp3) is 0.476. The quantitative estimate of drug-likeness (QED) is 0.623. The summed E-state index contributed by atoms with van der Waals surface area (Å²) in [5.41, 5.74) is 9.80. The molecule has 3 rings (SSSR count). The van der Waals surface area contributed by atoms with Crippen LogP contribution < -0.4 is 11.1 Å². The van der Waals surface area contributed by atoms with E-state index in [4.69, 9.17) is 10.7 Å². The molecule has 1 aliphatic rings. The average Bonchev–Trinajstić information content (AvgIpc) is 2.68. The van der Waals surface area contributed by atoms with Crippen molar-refractivity contribution in [2.24, 2.45) is 5.73 Å². The molecule has 2 atom stereocenters. The first-order valence-corrected chi connectivity index (χ1v) is 11.6. The zero-order valence-corrected chi connectivity index (χ0v) is 18.5. The number of nitrogens with zero attached hydrogens (tertiary/aromatic N) is 4. The molecule has 0 amide bonds. The molecule has 29 heavy (non-hydrogen) atoms. The van der Waals surface area contributed by atoms with Crippen LogP contribution in [0.4, 0.5) is 5.95 Å². The second-order valence-corrected chi connectivity index (χ2v) is 9.01. The third-order valence-electron chi connectivity index (χ3n) is 5.07. The van der Waals surface area contributed by atoms with Crippen LogP contribution in [0.1, 0.15) is 37.9 Å². The van der Waals surface area contributed by atoms with E-state index >= 15 is 0 Å². The van der Waals surface area contributed by atoms with Crippen molar-refractivity contribution < 1.29 is 4.55 Å². The van der Waals surface area contributed by atoms with Gasteiger partial charge in [-0.1, -0.05) is 13.0 Å². The van der Waals surface area contributed by atoms with E-state index in [9.17, 15) is 4.55 Å². The molecule has 1 fully saturated rings. The van der Waals surface area contributed by atoms with Crippen molar-refractivity contribution in [3.8, 4) is 11.3 Å². The summed E-state index contributed by atoms with van der Waals surface area (Å²) in [6.45, 7) is 9.19. The first-order chi connectivity index (χ1) is 13.9. The predicted molar refractivity (Wildman–Crippen MR) is 121 cm³/mol. The Bertz CT molecular complexity index is 881. The molecule has 8 heteroatoms. The smallest absolute Gasteiger partial charge is 0.243 e. The van der Waals surface area contributed by atoms with E-state index < -0.39 is 11.2 Å². The lowest BCUT2D eigenvalue weighted by Gasteiger charge is -2.32. The molecule has 0 radical (unpaired) electrons. The van der Waals surface area contributed by atoms with Crippen LogP contribution in [0.5, 0.6) is 0 Å². The van der Waals surface area contributed by atoms with Crippen molar-refractivity contribution in [3.63, 3.8) is 0 Å². The fourth-order valence-corrected chi connectivity index (χ4v) is 4.46. The van der Waals surface area contributed by atoms with Gasteiger partial charge in [0.1, 0.15) is 11.9 Å². The number of rotatable bonds is 6. The molecular weight excluding hydrogens is 384 g/mol. The number of nitrogens with one attached hydrogen (secondary N) is 1. The minimum absolute atomic E-state index is 0.307. The highest BCUT2D eigenvalue weighted by molar-refractivity contribution is 7.91. The first kappa shape index (κ1) is 21.5. The number of aryl methyl sites for hydroxylation is 1. The Morgan fingerprint density at radius 1 is 1.41 bits per heavy atom. The summed E-state index contributed by atoms with van der Waals surface area (Å²) in [4.78, 5) is 7.98. The molecule has 1 aliphatic heterocycles. The number of hydrogen-bond acceptors (Lipinski definition) is 7. The highest BCUT2D eigenvalue weighted by Gasteiger charge is 2.24. The Hall–Kier alpha value is -2.16. The number of piperidine rings is 1. The van der Waals surface area contributed by atoms with Crippen LogP contribution in [-0.4, -0.2) is 56.6 Å². The van der Waals surface area contributed by atoms with Crippen LogP contribution in [0.3, 0.4) is 0 Å². The lowest BCUT2D eigenvalue weighted by molar-refractivity contribution is 0.226. The van der Waals surface area contributed by atoms with E-state index in [1.165, 1.54) is 0 Å². The van der Waals surface area contributed by atoms with Crippen molar-refractivity contribution >= 4 is 23.2 Å². The Labute approximate surface area is 176 Å². The number of anilines is 1. The standard InChI is InChI=1S/C21H31N6OS/c1-5-27-10-6-7-16(13-27)23-21-24-18(12-15(3)22)20(25-26-21)17-9-8-14(2)11-19(17)29(4)28/h8-9,11-12,16,28H,5-7,10,13,22H2,1-4H3,(H,23,24,26)/q+1/b15-12-. The Balaban J connectivity index is 1.96. The van der Waals surface area contributed by atoms with Crippen LogP contribution in [0.2, 0.25) is 0 Å². The molecule has 156 valence electrons. The predicted octanol–water partition coefficient (Wildman–Crippen LogP) is 3.14. The highest BCUT2D eigenvalue weighted by Crippen LogP contribution is 2.30. The van der Waals surface area contributed by atoms with Gasteiger partial charge < -0.3 is 16.0 Å². The molecule has 0 spiro atoms. The Morgan fingerprint density at radius 3 is 2.90 bits per heavy atom. The summed E-state index contributed by atoms with van der Waals surface area (Å²) in [7, 11) is 0. The van der Waals surface area contributed by atoms with Gasteiger partial charge in [-0.2, -0.15) is 4.55 Å². The van der Waals surface area contributed by atoms with Gasteiger partial charge in [0.05, 0.1) is 11.3 Å². The van der Waals surface area contributed by atoms with E-state index in [-0.39, 0.29) is 0 Å². The summed E-state index contributed by atoms with van der Waals surface area (Å²) in [6, 6.07) is 6.26. The van der Waals surface area contributed by atoms with Gasteiger partial charge >= 0.3 is 0 Å². The topological polar surface area (TPSA) is 100 Å². The van der Waals surface area contributed by atoms with Crippen molar-refractivity contribution in [2.45, 2.75) is 44.6 Å². The minimum Gasteiger partial charge on any atom is -0.402 e. The van der Waals surface area contributed by atoms with E-state index in [0.717, 1.165) is 48.5 Å². The van der Waals surface area contributed by atoms with E-state index in [2.05, 4.69) is 27.3 Å². The molecule has 0 aliphatic carbocycles. The number of aromatic nitrogens is 3. The molecule has 1 aromatic heterocycles. The van der Waals surface area contributed by atoms with E-state index in [0.29, 0.717) is 29.1 Å². The van der Waals surface area contributed by atoms with Crippen molar-refractivity contribution in [1.29, 1.82) is 0 Å². The van der Waals surface area contributed by atoms with Gasteiger partial charge in [0.25, 0.3) is 0 Å². The molecule has 2 aromatic rings. The lowest BCUT2D eigenvalue weighted by atomic mass is 10.1. The summed E-state index contributed by atoms with van der Waals surface area (Å²) in [5, 5.41) is 12.3. The fourth-order valence-electron chi connectivity index (χ4n) is 3.62. The number of likely N-dealkylation sites (tertiary alicyclic amines) is 1. The minimum atomic E-state index is -0.907. The summed E-state index contributed by atoms with van der Waals surface area (Å²) >= 11 is -0.907. The molecule has 1 aromatic carbocycles. The zero-order valence-electron chi connectivity index (χ0n) is 17.6. The number of benzene rings is 1. The van der Waals surface area contributed by atoms with Gasteiger partial charge in [0.2, 0.25) is 5.95 Å². The highest BCUT2D eigenvalue weighted by atomic mass is 32.2. The van der Waals surface area contributed by atoms with Gasteiger partial charge in [-0.25, -0.2) is 4.98 Å². The maximum absolute atomic E-state index is 10.3. The van der Waals surface area contributed by atoms with E-state index in [1.807, 2.05) is 38.1 Å². The largest absolute Gasteiger partial charge is 0.402 e. The van der Waals surface area contributed by atoms with Crippen LogP contribution in [0, 0.1) is 6.92 Å². The van der Waals surface area contributed by atoms with E-state index in [1.54, 1.807) is 6.26 Å². The van der Waals surface area contributed by atoms with Crippen LogP contribution >= 0.6 is 0 Å². The number of hydrogen-bond donors (Lipinski definition) is 3. The number of likely N-dealkylation sites (N-methyl/N-ethyl adjacent to an activating group) is 1. The molecule has 1 saturated heterocycles. The maximum Gasteiger partial charge on any atom is 0.243 e. The number of allylic oxidation sites excluding steroid dienone is 1. The first-order valence-electron chi connectivity index (χ1n) is 10.0. The van der Waals surface area contributed by atoms with Crippen LogP contribution in [-0.2, 0) is 11.2 Å². The molecule has 4 N–H and O–H groups in total. The second-order valence-electron chi connectivity index (χ2n) is 7.61. The monoisotopic (exact) mass is 415 g/mol. The van der Waals surface area contributed by atoms with Crippen LogP contribution in [0.25, 0.3) is 17.3 Å². The Morgan fingerprint density at radius 2 is 2.21 bits per heavy atom. The maximum atomic E-state index is 10.3. The van der Waals surface area contributed by atoms with Crippen molar-refractivity contribution in [2.75, 3.05) is 31.2 Å². The van der Waals surface area contributed by atoms with Gasteiger partial charge in [0.15, 0.2) is 16.1 Å². The molecule has 7 nitrogen and oxygen atoms in total. The summed E-state index contributed by atoms with van der Waals surface area (Å²) < 4.78 is 10.3. The molecular formula is C21H31N6OS+. The van der Waals surface area contributed by atoms with Crippen LogP contribution in [0.15, 0.2) is 28.8 Å². The van der Waals surface area contributed by atoms with Gasteiger partial charge in [0, 0.05) is 24.4 Å². The molecule has 2 heterocycles. The second kappa shape index (κ2) is 9.56. The van der Waals surface area contributed by atoms with Crippen molar-refractivity contribution in [1.82, 2.24) is 20.1 Å². The van der Waals surface area contributed by atoms with Gasteiger partial charge in [-0.05, 0) is 57.5 Å². The Kier molecular flexibility index (Phi) is 7.10. The third kappa shape index (κ3) is 5.46. The average molecular weight is 416 g/mol.